The molecular weight excluding hydrogens is 272 g/mol. The molecule has 0 radical (unpaired) electrons. The fourth-order valence-electron chi connectivity index (χ4n) is 3.06. The summed E-state index contributed by atoms with van der Waals surface area (Å²) in [6, 6.07) is 5.07. The Bertz CT molecular complexity index is 537. The Hall–Kier alpha value is -1.86. The van der Waals surface area contributed by atoms with Crippen molar-refractivity contribution in [2.45, 2.75) is 25.0 Å². The molecule has 2 fully saturated rings. The third-order valence-corrected chi connectivity index (χ3v) is 4.23. The van der Waals surface area contributed by atoms with Crippen LogP contribution in [0.3, 0.4) is 0 Å². The summed E-state index contributed by atoms with van der Waals surface area (Å²) in [6.07, 6.45) is 2.62. The Morgan fingerprint density at radius 2 is 2.38 bits per heavy atom. The van der Waals surface area contributed by atoms with Crippen molar-refractivity contribution in [3.8, 4) is 0 Å². The number of morpholine rings is 1. The molecule has 0 aromatic heterocycles. The van der Waals surface area contributed by atoms with E-state index in [1.54, 1.807) is 6.07 Å². The lowest BCUT2D eigenvalue weighted by molar-refractivity contribution is -0.384. The zero-order valence-corrected chi connectivity index (χ0v) is 11.8. The van der Waals surface area contributed by atoms with E-state index in [4.69, 9.17) is 10.5 Å². The molecule has 1 aromatic rings. The molecule has 0 amide bonds. The number of nitrogens with zero attached hydrogens (tertiary/aromatic N) is 2. The summed E-state index contributed by atoms with van der Waals surface area (Å²) in [5, 5.41) is 13.9. The first-order chi connectivity index (χ1) is 10.1. The first-order valence-electron chi connectivity index (χ1n) is 7.27. The van der Waals surface area contributed by atoms with Crippen molar-refractivity contribution >= 4 is 17.1 Å². The molecule has 7 nitrogen and oxygen atoms in total. The molecule has 0 bridgehead atoms. The molecule has 114 valence electrons. The smallest absolute Gasteiger partial charge is 0.271 e. The minimum atomic E-state index is -0.447. The van der Waals surface area contributed by atoms with Gasteiger partial charge in [-0.25, -0.2) is 0 Å². The van der Waals surface area contributed by atoms with Crippen LogP contribution in [0.2, 0.25) is 0 Å². The number of nitrogens with one attached hydrogen (secondary N) is 1. The van der Waals surface area contributed by atoms with Crippen LogP contribution in [0.25, 0.3) is 0 Å². The van der Waals surface area contributed by atoms with Gasteiger partial charge in [0.05, 0.1) is 29.0 Å². The predicted octanol–water partition coefficient (Wildman–Crippen LogP) is 1.45. The van der Waals surface area contributed by atoms with Gasteiger partial charge >= 0.3 is 0 Å². The molecule has 2 heterocycles. The van der Waals surface area contributed by atoms with Crippen molar-refractivity contribution in [1.29, 1.82) is 0 Å². The molecule has 0 spiro atoms. The second-order valence-electron chi connectivity index (χ2n) is 5.66. The van der Waals surface area contributed by atoms with Gasteiger partial charge in [0.1, 0.15) is 0 Å². The summed E-state index contributed by atoms with van der Waals surface area (Å²) < 4.78 is 5.86. The Morgan fingerprint density at radius 1 is 1.52 bits per heavy atom. The molecule has 3 rings (SSSR count). The topological polar surface area (TPSA) is 93.7 Å². The van der Waals surface area contributed by atoms with E-state index in [1.165, 1.54) is 25.0 Å². The van der Waals surface area contributed by atoms with Gasteiger partial charge < -0.3 is 15.8 Å². The van der Waals surface area contributed by atoms with E-state index in [0.717, 1.165) is 19.7 Å². The number of nitrogens with two attached hydrogens (primary N) is 1. The van der Waals surface area contributed by atoms with Crippen LogP contribution >= 0.6 is 0 Å². The van der Waals surface area contributed by atoms with E-state index in [1.807, 2.05) is 0 Å². The normalized spacial score (nSPS) is 25.5. The van der Waals surface area contributed by atoms with Crippen LogP contribution in [0.15, 0.2) is 18.2 Å². The highest BCUT2D eigenvalue weighted by Crippen LogP contribution is 2.26. The lowest BCUT2D eigenvalue weighted by Gasteiger charge is -2.35. The standard InChI is InChI=1S/C14H20N4O3/c15-13-6-10(18(19)20)3-4-14(13)16-7-12-8-17-5-1-2-11(17)9-21-12/h3-4,6,11-12,16H,1-2,5,7-9,15H2. The molecule has 2 saturated heterocycles. The van der Waals surface area contributed by atoms with Crippen LogP contribution < -0.4 is 11.1 Å². The molecule has 0 aliphatic carbocycles. The number of hydrogen-bond acceptors (Lipinski definition) is 6. The van der Waals surface area contributed by atoms with Gasteiger partial charge in [-0.15, -0.1) is 0 Å². The second kappa shape index (κ2) is 5.87. The monoisotopic (exact) mass is 292 g/mol. The van der Waals surface area contributed by atoms with Crippen molar-refractivity contribution < 1.29 is 9.66 Å². The zero-order valence-electron chi connectivity index (χ0n) is 11.8. The summed E-state index contributed by atoms with van der Waals surface area (Å²) >= 11 is 0. The molecule has 2 atom stereocenters. The molecule has 2 aliphatic heterocycles. The molecule has 0 saturated carbocycles. The first kappa shape index (κ1) is 14.1. The molecule has 3 N–H and O–H groups in total. The Labute approximate surface area is 123 Å². The SMILES string of the molecule is Nc1cc([N+](=O)[O-])ccc1NCC1CN2CCCC2CO1. The minimum Gasteiger partial charge on any atom is -0.397 e. The number of nitrogen functional groups attached to an aromatic ring is 1. The number of rotatable bonds is 4. The van der Waals surface area contributed by atoms with Gasteiger partial charge in [0.25, 0.3) is 5.69 Å². The maximum absolute atomic E-state index is 10.7. The average Bonchev–Trinajstić information content (AvgIpc) is 2.93. The number of nitro groups is 1. The minimum absolute atomic E-state index is 0.00637. The van der Waals surface area contributed by atoms with Crippen molar-refractivity contribution in [3.05, 3.63) is 28.3 Å². The third kappa shape index (κ3) is 3.08. The van der Waals surface area contributed by atoms with Crippen LogP contribution in [0.5, 0.6) is 0 Å². The Kier molecular flexibility index (Phi) is 3.94. The van der Waals surface area contributed by atoms with Gasteiger partial charge in [0, 0.05) is 31.3 Å². The first-order valence-corrected chi connectivity index (χ1v) is 7.27. The highest BCUT2D eigenvalue weighted by molar-refractivity contribution is 5.69. The van der Waals surface area contributed by atoms with Gasteiger partial charge in [0.15, 0.2) is 0 Å². The lowest BCUT2D eigenvalue weighted by Crippen LogP contribution is -2.48. The lowest BCUT2D eigenvalue weighted by atomic mass is 10.2. The van der Waals surface area contributed by atoms with Crippen molar-refractivity contribution in [1.82, 2.24) is 4.90 Å². The van der Waals surface area contributed by atoms with Crippen molar-refractivity contribution in [3.63, 3.8) is 0 Å². The highest BCUT2D eigenvalue weighted by Gasteiger charge is 2.31. The molecular formula is C14H20N4O3. The summed E-state index contributed by atoms with van der Waals surface area (Å²) in [4.78, 5) is 12.7. The van der Waals surface area contributed by atoms with E-state index in [-0.39, 0.29) is 11.8 Å². The van der Waals surface area contributed by atoms with E-state index in [0.29, 0.717) is 24.0 Å². The molecule has 2 aliphatic rings. The second-order valence-corrected chi connectivity index (χ2v) is 5.66. The van der Waals surface area contributed by atoms with Gasteiger partial charge in [-0.2, -0.15) is 0 Å². The highest BCUT2D eigenvalue weighted by atomic mass is 16.6. The maximum Gasteiger partial charge on any atom is 0.271 e. The number of ether oxygens (including phenoxy) is 1. The summed E-state index contributed by atoms with van der Waals surface area (Å²) in [5.74, 6) is 0. The number of benzene rings is 1. The van der Waals surface area contributed by atoms with Crippen molar-refractivity contribution in [2.75, 3.05) is 37.3 Å². The van der Waals surface area contributed by atoms with E-state index >= 15 is 0 Å². The quantitative estimate of drug-likeness (QED) is 0.495. The van der Waals surface area contributed by atoms with Crippen LogP contribution in [-0.4, -0.2) is 48.2 Å². The van der Waals surface area contributed by atoms with Crippen LogP contribution in [-0.2, 0) is 4.74 Å². The van der Waals surface area contributed by atoms with Gasteiger partial charge in [-0.05, 0) is 25.5 Å². The Balaban J connectivity index is 1.56. The fraction of sp³-hybridized carbons (Fsp3) is 0.571. The molecule has 7 heteroatoms. The van der Waals surface area contributed by atoms with E-state index in [9.17, 15) is 10.1 Å². The average molecular weight is 292 g/mol. The largest absolute Gasteiger partial charge is 0.397 e. The van der Waals surface area contributed by atoms with Crippen LogP contribution in [0.1, 0.15) is 12.8 Å². The molecule has 2 unspecified atom stereocenters. The summed E-state index contributed by atoms with van der Waals surface area (Å²) in [5.41, 5.74) is 6.95. The molecule has 1 aromatic carbocycles. The van der Waals surface area contributed by atoms with E-state index < -0.39 is 4.92 Å². The Morgan fingerprint density at radius 3 is 3.14 bits per heavy atom. The van der Waals surface area contributed by atoms with Crippen molar-refractivity contribution in [2.24, 2.45) is 0 Å². The molecule has 21 heavy (non-hydrogen) atoms. The zero-order chi connectivity index (χ0) is 14.8. The summed E-state index contributed by atoms with van der Waals surface area (Å²) in [7, 11) is 0. The number of hydrogen-bond donors (Lipinski definition) is 2. The third-order valence-electron chi connectivity index (χ3n) is 4.23. The van der Waals surface area contributed by atoms with Crippen LogP contribution in [0, 0.1) is 10.1 Å². The number of nitro benzene ring substituents is 1. The number of anilines is 2. The van der Waals surface area contributed by atoms with Gasteiger partial charge in [-0.3, -0.25) is 15.0 Å². The predicted molar refractivity (Wildman–Crippen MR) is 80.3 cm³/mol. The van der Waals surface area contributed by atoms with E-state index in [2.05, 4.69) is 10.2 Å². The maximum atomic E-state index is 10.7. The number of non-ortho nitro benzene ring substituents is 1. The van der Waals surface area contributed by atoms with Gasteiger partial charge in [0.2, 0.25) is 0 Å². The fourth-order valence-corrected chi connectivity index (χ4v) is 3.06. The van der Waals surface area contributed by atoms with Gasteiger partial charge in [-0.1, -0.05) is 0 Å². The number of fused-ring (bicyclic) bond motifs is 1. The summed E-state index contributed by atoms with van der Waals surface area (Å²) in [6.45, 7) is 3.54. The van der Waals surface area contributed by atoms with Crippen LogP contribution in [0.4, 0.5) is 17.1 Å².